The van der Waals surface area contributed by atoms with Crippen molar-refractivity contribution in [1.29, 1.82) is 0 Å². The summed E-state index contributed by atoms with van der Waals surface area (Å²) in [6.07, 6.45) is -2.72. The molecule has 4 rings (SSSR count). The van der Waals surface area contributed by atoms with Gasteiger partial charge in [0.2, 0.25) is 4.77 Å². The number of carbonyl (C=O) groups excluding carboxylic acids is 4. The molecular weight excluding hydrogens is 598 g/mol. The molecule has 5 atom stereocenters. The van der Waals surface area contributed by atoms with Crippen molar-refractivity contribution in [1.82, 2.24) is 14.3 Å². The summed E-state index contributed by atoms with van der Waals surface area (Å²) in [7, 11) is 0. The van der Waals surface area contributed by atoms with Gasteiger partial charge in [0.1, 0.15) is 24.2 Å². The zero-order chi connectivity index (χ0) is 32.0. The largest absolute Gasteiger partial charge is 0.465 e. The molecule has 15 heteroatoms. The Balaban J connectivity index is 1.96. The fourth-order valence-corrected chi connectivity index (χ4v) is 4.86. The molecule has 1 aliphatic rings. The number of hydrogen-bond acceptors (Lipinski definition) is 13. The summed E-state index contributed by atoms with van der Waals surface area (Å²) in [5.74, 6) is -2.62. The molecule has 0 N–H and O–H groups in total. The zero-order valence-corrected chi connectivity index (χ0v) is 24.9. The molecule has 1 aliphatic heterocycles. The molecule has 0 amide bonds. The third kappa shape index (κ3) is 7.54. The van der Waals surface area contributed by atoms with Gasteiger partial charge in [-0.25, -0.2) is 4.68 Å². The first-order valence-electron chi connectivity index (χ1n) is 13.3. The van der Waals surface area contributed by atoms with Crippen molar-refractivity contribution >= 4 is 48.2 Å². The molecule has 0 saturated carbocycles. The summed E-state index contributed by atoms with van der Waals surface area (Å²) in [6.45, 7) is 4.05. The van der Waals surface area contributed by atoms with Gasteiger partial charge in [-0.05, 0) is 48.6 Å². The third-order valence-electron chi connectivity index (χ3n) is 6.20. The summed E-state index contributed by atoms with van der Waals surface area (Å²) >= 11 is 5.72. The van der Waals surface area contributed by atoms with Gasteiger partial charge >= 0.3 is 23.9 Å². The van der Waals surface area contributed by atoms with E-state index in [0.29, 0.717) is 11.4 Å². The van der Waals surface area contributed by atoms with E-state index < -0.39 is 66.7 Å². The third-order valence-corrected chi connectivity index (χ3v) is 6.56. The number of para-hydroxylation sites is 1. The number of nitrogens with zero attached hydrogens (tertiary/aromatic N) is 3. The van der Waals surface area contributed by atoms with E-state index in [0.717, 1.165) is 32.4 Å². The van der Waals surface area contributed by atoms with Crippen LogP contribution < -0.4 is 5.56 Å². The second-order valence-corrected chi connectivity index (χ2v) is 9.89. The fraction of sp³-hybridized carbons (Fsp3) is 0.345. The Hall–Kier alpha value is -4.89. The number of ether oxygens (including phenoxy) is 5. The van der Waals surface area contributed by atoms with Crippen molar-refractivity contribution in [3.05, 3.63) is 75.3 Å². The van der Waals surface area contributed by atoms with Crippen molar-refractivity contribution < 1.29 is 47.3 Å². The highest BCUT2D eigenvalue weighted by atomic mass is 32.1. The summed E-state index contributed by atoms with van der Waals surface area (Å²) in [4.78, 5) is 62.1. The molecule has 0 unspecified atom stereocenters. The van der Waals surface area contributed by atoms with Crippen LogP contribution >= 0.6 is 12.2 Å². The van der Waals surface area contributed by atoms with Crippen molar-refractivity contribution in [2.24, 2.45) is 0 Å². The topological polar surface area (TPSA) is 167 Å². The maximum atomic E-state index is 13.7. The molecule has 0 bridgehead atoms. The lowest BCUT2D eigenvalue weighted by atomic mass is 9.97. The van der Waals surface area contributed by atoms with Gasteiger partial charge in [-0.15, -0.1) is 0 Å². The highest BCUT2D eigenvalue weighted by molar-refractivity contribution is 7.71. The van der Waals surface area contributed by atoms with E-state index in [1.807, 2.05) is 0 Å². The second kappa shape index (κ2) is 14.1. The van der Waals surface area contributed by atoms with Crippen LogP contribution in [0.15, 0.2) is 57.9 Å². The predicted molar refractivity (Wildman–Crippen MR) is 153 cm³/mol. The molecule has 1 aromatic carbocycles. The summed E-state index contributed by atoms with van der Waals surface area (Å²) in [5, 5.41) is 4.45. The van der Waals surface area contributed by atoms with Crippen LogP contribution in [-0.2, 0) is 42.9 Å². The van der Waals surface area contributed by atoms with E-state index in [1.54, 1.807) is 42.5 Å². The second-order valence-electron chi connectivity index (χ2n) is 9.53. The van der Waals surface area contributed by atoms with Crippen LogP contribution in [-0.4, -0.2) is 69.2 Å². The number of esters is 4. The monoisotopic (exact) mass is 627 g/mol. The Morgan fingerprint density at radius 1 is 0.864 bits per heavy atom. The van der Waals surface area contributed by atoms with Gasteiger partial charge < -0.3 is 28.1 Å². The first kappa shape index (κ1) is 32.0. The van der Waals surface area contributed by atoms with E-state index in [9.17, 15) is 24.0 Å². The number of benzene rings is 1. The minimum Gasteiger partial charge on any atom is -0.465 e. The number of furan rings is 1. The lowest BCUT2D eigenvalue weighted by Crippen LogP contribution is -2.61. The van der Waals surface area contributed by atoms with Gasteiger partial charge in [-0.1, -0.05) is 18.2 Å². The van der Waals surface area contributed by atoms with E-state index >= 15 is 0 Å². The SMILES string of the molecule is CC(=O)OC[C@@H]1O[C@@H](n2nc(/C=C/c3ccco3)c(=O)n(-c3ccccc3)c2=S)[C@@H](OC(C)=O)[C@@H](OC(C)=O)[C@H]1OC(C)=O. The van der Waals surface area contributed by atoms with Crippen LogP contribution in [0.25, 0.3) is 17.8 Å². The van der Waals surface area contributed by atoms with Gasteiger partial charge in [0.05, 0.1) is 12.0 Å². The smallest absolute Gasteiger partial charge is 0.303 e. The Labute approximate surface area is 255 Å². The van der Waals surface area contributed by atoms with Crippen molar-refractivity contribution in [3.63, 3.8) is 0 Å². The van der Waals surface area contributed by atoms with E-state index in [-0.39, 0.29) is 10.5 Å². The standard InChI is InChI=1S/C29H29N3O11S/c1-16(33)39-15-23-24(40-17(2)34)25(41-18(3)35)26(42-19(4)36)28(43-23)32-29(44)31(20-9-6-5-7-10-20)27(37)22(30-32)13-12-21-11-8-14-38-21/h5-14,23-26,28H,15H2,1-4H3/b13-12+/t23-,24-,25-,26-,28+/m0/s1. The predicted octanol–water partition coefficient (Wildman–Crippen LogP) is 2.78. The highest BCUT2D eigenvalue weighted by Gasteiger charge is 2.53. The fourth-order valence-electron chi connectivity index (χ4n) is 4.53. The van der Waals surface area contributed by atoms with Gasteiger partial charge in [0.25, 0.3) is 5.56 Å². The van der Waals surface area contributed by atoms with Crippen molar-refractivity contribution in [2.75, 3.05) is 6.61 Å². The molecule has 44 heavy (non-hydrogen) atoms. The lowest BCUT2D eigenvalue weighted by molar-refractivity contribution is -0.271. The summed E-state index contributed by atoms with van der Waals surface area (Å²) in [5.41, 5.74) is -0.325. The molecule has 1 fully saturated rings. The normalized spacial score (nSPS) is 21.4. The molecule has 0 radical (unpaired) electrons. The molecule has 1 saturated heterocycles. The first-order chi connectivity index (χ1) is 21.0. The van der Waals surface area contributed by atoms with E-state index in [4.69, 9.17) is 40.3 Å². The van der Waals surface area contributed by atoms with Crippen LogP contribution in [0.2, 0.25) is 0 Å². The molecule has 3 heterocycles. The van der Waals surface area contributed by atoms with Crippen LogP contribution in [0.1, 0.15) is 45.4 Å². The van der Waals surface area contributed by atoms with Crippen LogP contribution in [0.5, 0.6) is 0 Å². The van der Waals surface area contributed by atoms with Gasteiger partial charge in [0.15, 0.2) is 24.5 Å². The molecule has 3 aromatic rings. The Morgan fingerprint density at radius 3 is 2.09 bits per heavy atom. The van der Waals surface area contributed by atoms with Crippen LogP contribution in [0, 0.1) is 4.77 Å². The number of rotatable bonds is 9. The van der Waals surface area contributed by atoms with Gasteiger partial charge in [-0.3, -0.25) is 28.5 Å². The molecule has 14 nitrogen and oxygen atoms in total. The number of hydrogen-bond donors (Lipinski definition) is 0. The maximum absolute atomic E-state index is 13.7. The maximum Gasteiger partial charge on any atom is 0.303 e. The minimum absolute atomic E-state index is 0.119. The summed E-state index contributed by atoms with van der Waals surface area (Å²) in [6, 6.07) is 11.8. The Morgan fingerprint density at radius 2 is 1.50 bits per heavy atom. The molecule has 232 valence electrons. The van der Waals surface area contributed by atoms with Crippen molar-refractivity contribution in [2.45, 2.75) is 58.3 Å². The zero-order valence-electron chi connectivity index (χ0n) is 24.1. The molecule has 0 spiro atoms. The van der Waals surface area contributed by atoms with E-state index in [2.05, 4.69) is 5.10 Å². The van der Waals surface area contributed by atoms with Gasteiger partial charge in [0, 0.05) is 27.7 Å². The molecule has 2 aromatic heterocycles. The quantitative estimate of drug-likeness (QED) is 0.193. The van der Waals surface area contributed by atoms with Crippen molar-refractivity contribution in [3.8, 4) is 5.69 Å². The Kier molecular flexibility index (Phi) is 10.2. The Bertz CT molecular complexity index is 1660. The average molecular weight is 628 g/mol. The van der Waals surface area contributed by atoms with Crippen LogP contribution in [0.4, 0.5) is 0 Å². The summed E-state index contributed by atoms with van der Waals surface area (Å²) < 4.78 is 35.4. The first-order valence-corrected chi connectivity index (χ1v) is 13.7. The van der Waals surface area contributed by atoms with Gasteiger partial charge in [-0.2, -0.15) is 5.10 Å². The molecule has 0 aliphatic carbocycles. The molecular formula is C29H29N3O11S. The lowest BCUT2D eigenvalue weighted by Gasteiger charge is -2.44. The van der Waals surface area contributed by atoms with E-state index in [1.165, 1.54) is 23.0 Å². The van der Waals surface area contributed by atoms with Crippen LogP contribution in [0.3, 0.4) is 0 Å². The minimum atomic E-state index is -1.50. The number of aromatic nitrogens is 3. The average Bonchev–Trinajstić information content (AvgIpc) is 3.48. The highest BCUT2D eigenvalue weighted by Crippen LogP contribution is 2.34. The number of carbonyl (C=O) groups is 4.